The van der Waals surface area contributed by atoms with Gasteiger partial charge in [0.2, 0.25) is 5.91 Å². The van der Waals surface area contributed by atoms with Gasteiger partial charge in [-0.25, -0.2) is 4.79 Å². The highest BCUT2D eigenvalue weighted by Gasteiger charge is 2.23. The van der Waals surface area contributed by atoms with Crippen molar-refractivity contribution < 1.29 is 18.5 Å². The molecule has 1 aliphatic heterocycles. The van der Waals surface area contributed by atoms with Gasteiger partial charge in [-0.1, -0.05) is 4.21 Å². The van der Waals surface area contributed by atoms with Crippen LogP contribution in [0, 0.1) is 0 Å². The van der Waals surface area contributed by atoms with Gasteiger partial charge in [-0.15, -0.1) is 4.31 Å². The first-order valence-corrected chi connectivity index (χ1v) is 10.8. The van der Waals surface area contributed by atoms with Crippen LogP contribution in [0.25, 0.3) is 0 Å². The van der Waals surface area contributed by atoms with Crippen LogP contribution in [0.5, 0.6) is 0 Å². The Hall–Kier alpha value is -1.58. The van der Waals surface area contributed by atoms with Gasteiger partial charge in [0.1, 0.15) is 12.1 Å². The quantitative estimate of drug-likeness (QED) is 0.584. The van der Waals surface area contributed by atoms with Gasteiger partial charge in [0.05, 0.1) is 13.1 Å². The topological polar surface area (TPSA) is 87.7 Å². The van der Waals surface area contributed by atoms with E-state index in [4.69, 9.17) is 4.74 Å². The van der Waals surface area contributed by atoms with Gasteiger partial charge in [-0.2, -0.15) is 11.8 Å². The van der Waals surface area contributed by atoms with Crippen LogP contribution in [0.2, 0.25) is 0 Å². The SMILES string of the molecule is CC(C)(C)OC(=O)NCC(=O)Nc1ccc([SH+](=O)N2CCSCC2)cc1. The van der Waals surface area contributed by atoms with Crippen molar-refractivity contribution in [3.05, 3.63) is 24.3 Å². The monoisotopic (exact) mass is 400 g/mol. The molecule has 2 amide bonds. The molecule has 0 aromatic heterocycles. The number of hydrogen-bond acceptors (Lipinski definition) is 5. The van der Waals surface area contributed by atoms with Crippen molar-refractivity contribution in [3.63, 3.8) is 0 Å². The molecule has 1 atom stereocenters. The third-order valence-corrected chi connectivity index (χ3v) is 6.00. The molecule has 2 rings (SSSR count). The lowest BCUT2D eigenvalue weighted by Crippen LogP contribution is -2.37. The fourth-order valence-electron chi connectivity index (χ4n) is 2.24. The Kier molecular flexibility index (Phi) is 7.48. The summed E-state index contributed by atoms with van der Waals surface area (Å²) in [6.45, 7) is 6.73. The van der Waals surface area contributed by atoms with Crippen LogP contribution in [0.4, 0.5) is 10.5 Å². The lowest BCUT2D eigenvalue weighted by atomic mass is 10.2. The fraction of sp³-hybridized carbons (Fsp3) is 0.529. The second-order valence-corrected chi connectivity index (χ2v) is 9.64. The molecule has 26 heavy (non-hydrogen) atoms. The molecular weight excluding hydrogens is 374 g/mol. The molecule has 0 bridgehead atoms. The summed E-state index contributed by atoms with van der Waals surface area (Å²) < 4.78 is 19.6. The molecule has 1 fully saturated rings. The second kappa shape index (κ2) is 9.38. The average molecular weight is 401 g/mol. The minimum Gasteiger partial charge on any atom is -0.444 e. The first kappa shape index (κ1) is 20.7. The van der Waals surface area contributed by atoms with E-state index in [1.54, 1.807) is 45.0 Å². The number of benzene rings is 1. The molecule has 0 saturated carbocycles. The molecule has 1 unspecified atom stereocenters. The van der Waals surface area contributed by atoms with Crippen molar-refractivity contribution in [3.8, 4) is 0 Å². The highest BCUT2D eigenvalue weighted by atomic mass is 32.2. The van der Waals surface area contributed by atoms with Gasteiger partial charge in [-0.3, -0.25) is 4.79 Å². The van der Waals surface area contributed by atoms with Gasteiger partial charge in [-0.05, 0) is 45.0 Å². The third kappa shape index (κ3) is 6.97. The van der Waals surface area contributed by atoms with Crippen molar-refractivity contribution in [1.29, 1.82) is 0 Å². The van der Waals surface area contributed by atoms with Gasteiger partial charge >= 0.3 is 6.09 Å². The maximum Gasteiger partial charge on any atom is 0.408 e. The molecule has 0 spiro atoms. The number of nitrogens with one attached hydrogen (secondary N) is 2. The van der Waals surface area contributed by atoms with Crippen LogP contribution in [-0.4, -0.2) is 53.0 Å². The van der Waals surface area contributed by atoms with E-state index in [0.717, 1.165) is 29.5 Å². The average Bonchev–Trinajstić information content (AvgIpc) is 2.59. The maximum atomic E-state index is 12.5. The van der Waals surface area contributed by atoms with Gasteiger partial charge in [0, 0.05) is 17.2 Å². The number of hydrogen-bond donors (Lipinski definition) is 2. The van der Waals surface area contributed by atoms with E-state index in [0.29, 0.717) is 5.69 Å². The number of carbonyl (C=O) groups is 2. The van der Waals surface area contributed by atoms with Crippen LogP contribution in [-0.2, 0) is 24.7 Å². The summed E-state index contributed by atoms with van der Waals surface area (Å²) in [6.07, 6.45) is -0.639. The van der Waals surface area contributed by atoms with Crippen LogP contribution < -0.4 is 10.6 Å². The Morgan fingerprint density at radius 3 is 2.38 bits per heavy atom. The Morgan fingerprint density at radius 2 is 1.81 bits per heavy atom. The summed E-state index contributed by atoms with van der Waals surface area (Å²) in [7, 11) is -1.57. The predicted octanol–water partition coefficient (Wildman–Crippen LogP) is 2.17. The van der Waals surface area contributed by atoms with Crippen LogP contribution in [0.15, 0.2) is 29.2 Å². The highest BCUT2D eigenvalue weighted by Crippen LogP contribution is 2.19. The van der Waals surface area contributed by atoms with Gasteiger partial charge in [0.25, 0.3) is 0 Å². The van der Waals surface area contributed by atoms with Crippen molar-refractivity contribution in [1.82, 2.24) is 9.62 Å². The molecule has 1 aromatic rings. The summed E-state index contributed by atoms with van der Waals surface area (Å²) in [5.74, 6) is 1.64. The molecule has 0 radical (unpaired) electrons. The Balaban J connectivity index is 1.81. The summed E-state index contributed by atoms with van der Waals surface area (Å²) in [5, 5.41) is 5.09. The molecule has 9 heteroatoms. The number of carbonyl (C=O) groups excluding carboxylic acids is 2. The van der Waals surface area contributed by atoms with E-state index < -0.39 is 22.7 Å². The molecule has 144 valence electrons. The Bertz CT molecular complexity index is 653. The van der Waals surface area contributed by atoms with Gasteiger partial charge < -0.3 is 15.4 Å². The summed E-state index contributed by atoms with van der Waals surface area (Å²) >= 11 is 1.87. The zero-order valence-electron chi connectivity index (χ0n) is 15.3. The van der Waals surface area contributed by atoms with Crippen LogP contribution >= 0.6 is 11.8 Å². The number of alkyl carbamates (subject to hydrolysis) is 1. The zero-order chi connectivity index (χ0) is 19.2. The molecule has 7 nitrogen and oxygen atoms in total. The first-order valence-electron chi connectivity index (χ1n) is 8.41. The summed E-state index contributed by atoms with van der Waals surface area (Å²) in [4.78, 5) is 24.2. The smallest absolute Gasteiger partial charge is 0.408 e. The number of anilines is 1. The summed E-state index contributed by atoms with van der Waals surface area (Å²) in [5.41, 5.74) is -0.0255. The highest BCUT2D eigenvalue weighted by molar-refractivity contribution is 7.99. The maximum absolute atomic E-state index is 12.5. The number of amides is 2. The van der Waals surface area contributed by atoms with E-state index in [9.17, 15) is 13.8 Å². The Morgan fingerprint density at radius 1 is 1.19 bits per heavy atom. The Labute approximate surface area is 160 Å². The minimum absolute atomic E-state index is 0.184. The molecule has 0 aliphatic carbocycles. The second-order valence-electron chi connectivity index (χ2n) is 6.79. The van der Waals surface area contributed by atoms with Crippen LogP contribution in [0.1, 0.15) is 20.8 Å². The molecule has 1 heterocycles. The number of nitrogens with zero attached hydrogens (tertiary/aromatic N) is 1. The van der Waals surface area contributed by atoms with Crippen molar-refractivity contribution in [2.75, 3.05) is 36.5 Å². The van der Waals surface area contributed by atoms with Crippen molar-refractivity contribution in [2.45, 2.75) is 31.3 Å². The molecule has 2 N–H and O–H groups in total. The van der Waals surface area contributed by atoms with Gasteiger partial charge in [0.15, 0.2) is 15.9 Å². The normalized spacial score (nSPS) is 16.6. The number of ether oxygens (including phenoxy) is 1. The summed E-state index contributed by atoms with van der Waals surface area (Å²) in [6, 6.07) is 6.95. The largest absolute Gasteiger partial charge is 0.444 e. The number of rotatable bonds is 5. The number of thioether (sulfide) groups is 1. The molecule has 1 aliphatic rings. The minimum atomic E-state index is -1.57. The van der Waals surface area contributed by atoms with Crippen molar-refractivity contribution in [2.24, 2.45) is 0 Å². The molecule has 1 saturated heterocycles. The first-order chi connectivity index (χ1) is 12.2. The lowest BCUT2D eigenvalue weighted by Gasteiger charge is -2.19. The lowest BCUT2D eigenvalue weighted by molar-refractivity contribution is -0.115. The standard InChI is InChI=1S/C17H25N3O4S2/c1-17(2,3)24-16(22)18-12-15(21)19-13-4-6-14(7-5-13)26(23)20-8-10-25-11-9-20/h4-7H,8-12H2,1-3H3,(H,18,22)(H,19,21)/p+1. The van der Waals surface area contributed by atoms with E-state index in [1.165, 1.54) is 0 Å². The third-order valence-electron chi connectivity index (χ3n) is 3.41. The van der Waals surface area contributed by atoms with E-state index in [-0.39, 0.29) is 12.5 Å². The van der Waals surface area contributed by atoms with E-state index >= 15 is 0 Å². The van der Waals surface area contributed by atoms with E-state index in [2.05, 4.69) is 10.6 Å². The zero-order valence-corrected chi connectivity index (χ0v) is 17.0. The number of thiol groups is 1. The van der Waals surface area contributed by atoms with Crippen LogP contribution in [0.3, 0.4) is 0 Å². The fourth-order valence-corrected chi connectivity index (χ4v) is 4.71. The predicted molar refractivity (Wildman–Crippen MR) is 106 cm³/mol. The van der Waals surface area contributed by atoms with Crippen molar-refractivity contribution >= 4 is 40.4 Å². The molecule has 1 aromatic carbocycles. The molecular formula is C17H26N3O4S2+. The van der Waals surface area contributed by atoms with E-state index in [1.807, 2.05) is 16.1 Å².